The quantitative estimate of drug-likeness (QED) is 0.304. The Kier molecular flexibility index (Phi) is 18.3. The highest BCUT2D eigenvalue weighted by Crippen LogP contribution is 2.14. The maximum atomic E-state index is 2.72. The molecule has 3 heteroatoms. The zero-order valence-electron chi connectivity index (χ0n) is 21.4. The molecule has 0 saturated carbocycles. The Morgan fingerprint density at radius 2 is 1.19 bits per heavy atom. The number of rotatable bonds is 19. The fourth-order valence-corrected chi connectivity index (χ4v) is 5.21. The molecule has 0 aromatic heterocycles. The van der Waals surface area contributed by atoms with Gasteiger partial charge in [0.2, 0.25) is 0 Å². The molecule has 1 aliphatic rings. The average Bonchev–Trinajstić information content (AvgIpc) is 3.13. The molecule has 0 amide bonds. The van der Waals surface area contributed by atoms with Crippen molar-refractivity contribution >= 4 is 0 Å². The van der Waals surface area contributed by atoms with Crippen molar-refractivity contribution < 1.29 is 17.3 Å². The van der Waals surface area contributed by atoms with Crippen LogP contribution < -0.4 is 17.3 Å². The van der Waals surface area contributed by atoms with Crippen LogP contribution in [-0.4, -0.2) is 30.7 Å². The maximum Gasteiger partial charge on any atom is 0.141 e. The van der Waals surface area contributed by atoms with Crippen LogP contribution in [0.1, 0.15) is 122 Å². The molecule has 0 spiro atoms. The topological polar surface area (TPSA) is 7.68 Å². The largest absolute Gasteiger partial charge is 1.00 e. The van der Waals surface area contributed by atoms with Crippen molar-refractivity contribution in [1.29, 1.82) is 0 Å². The van der Waals surface area contributed by atoms with Crippen molar-refractivity contribution in [3.63, 3.8) is 0 Å². The van der Waals surface area contributed by atoms with E-state index in [0.29, 0.717) is 6.17 Å². The molecule has 186 valence electrons. The van der Waals surface area contributed by atoms with E-state index in [9.17, 15) is 0 Å². The summed E-state index contributed by atoms with van der Waals surface area (Å²) in [6, 6.07) is 11.0. The molecule has 2 nitrogen and oxygen atoms in total. The van der Waals surface area contributed by atoms with E-state index >= 15 is 0 Å². The van der Waals surface area contributed by atoms with Crippen molar-refractivity contribution in [2.45, 2.75) is 129 Å². The molecule has 2 unspecified atom stereocenters. The van der Waals surface area contributed by atoms with Gasteiger partial charge < -0.3 is 17.3 Å². The van der Waals surface area contributed by atoms with Gasteiger partial charge in [-0.2, -0.15) is 0 Å². The number of unbranched alkanes of at least 4 members (excludes halogenated alkanes) is 15. The zero-order chi connectivity index (χ0) is 22.0. The van der Waals surface area contributed by atoms with Gasteiger partial charge in [0.1, 0.15) is 12.7 Å². The summed E-state index contributed by atoms with van der Waals surface area (Å²) in [7, 11) is 0. The van der Waals surface area contributed by atoms with Crippen LogP contribution in [0.5, 0.6) is 0 Å². The van der Waals surface area contributed by atoms with Crippen LogP contribution >= 0.6 is 0 Å². The summed E-state index contributed by atoms with van der Waals surface area (Å²) in [6.07, 6.45) is 23.9. The average molecular weight is 465 g/mol. The lowest BCUT2D eigenvalue weighted by Crippen LogP contribution is -3.12. The van der Waals surface area contributed by atoms with Gasteiger partial charge in [-0.1, -0.05) is 134 Å². The monoisotopic (exact) mass is 464 g/mol. The zero-order valence-corrected chi connectivity index (χ0v) is 22.2. The van der Waals surface area contributed by atoms with Crippen molar-refractivity contribution in [3.8, 4) is 0 Å². The number of benzene rings is 1. The van der Waals surface area contributed by atoms with Crippen molar-refractivity contribution in [3.05, 3.63) is 35.9 Å². The fourth-order valence-electron chi connectivity index (χ4n) is 5.21. The van der Waals surface area contributed by atoms with Gasteiger partial charge in [-0.25, -0.2) is 4.90 Å². The van der Waals surface area contributed by atoms with Gasteiger partial charge in [0.05, 0.1) is 13.1 Å². The number of quaternary nitrogens is 1. The first kappa shape index (κ1) is 29.5. The minimum atomic E-state index is 0. The molecule has 1 N–H and O–H groups in total. The predicted octanol–water partition coefficient (Wildman–Crippen LogP) is 4.00. The van der Waals surface area contributed by atoms with E-state index in [0.717, 1.165) is 0 Å². The first-order valence-corrected chi connectivity index (χ1v) is 13.9. The first-order chi connectivity index (χ1) is 15.3. The van der Waals surface area contributed by atoms with Gasteiger partial charge in [0.25, 0.3) is 0 Å². The van der Waals surface area contributed by atoms with Gasteiger partial charge >= 0.3 is 0 Å². The van der Waals surface area contributed by atoms with Crippen LogP contribution in [0.3, 0.4) is 0 Å². The molecule has 2 rings (SSSR count). The minimum Gasteiger partial charge on any atom is -1.00 e. The Morgan fingerprint density at radius 1 is 0.719 bits per heavy atom. The van der Waals surface area contributed by atoms with Gasteiger partial charge in [0, 0.05) is 19.0 Å². The number of nitrogens with one attached hydrogen (secondary N) is 1. The molecule has 1 aromatic carbocycles. The summed E-state index contributed by atoms with van der Waals surface area (Å²) in [6.45, 7) is 9.79. The second kappa shape index (κ2) is 19.9. The van der Waals surface area contributed by atoms with Gasteiger partial charge in [-0.15, -0.1) is 0 Å². The predicted molar refractivity (Wildman–Crippen MR) is 137 cm³/mol. The van der Waals surface area contributed by atoms with Crippen LogP contribution in [0.15, 0.2) is 30.3 Å². The molecule has 1 heterocycles. The molecule has 2 atom stereocenters. The molecule has 1 aromatic rings. The fraction of sp³-hybridized carbons (Fsp3) is 0.793. The summed E-state index contributed by atoms with van der Waals surface area (Å²) in [4.78, 5) is 4.46. The lowest BCUT2D eigenvalue weighted by atomic mass is 10.0. The molecule has 1 fully saturated rings. The lowest BCUT2D eigenvalue weighted by molar-refractivity contribution is -0.929. The van der Waals surface area contributed by atoms with E-state index in [-0.39, 0.29) is 12.4 Å². The second-order valence-corrected chi connectivity index (χ2v) is 10.1. The van der Waals surface area contributed by atoms with Crippen LogP contribution in [0, 0.1) is 0 Å². The van der Waals surface area contributed by atoms with Gasteiger partial charge in [0.15, 0.2) is 0 Å². The lowest BCUT2D eigenvalue weighted by Gasteiger charge is -2.23. The van der Waals surface area contributed by atoms with Crippen LogP contribution in [0.4, 0.5) is 0 Å². The van der Waals surface area contributed by atoms with E-state index in [2.05, 4.69) is 49.1 Å². The minimum absolute atomic E-state index is 0. The Balaban J connectivity index is 0.00000512. The van der Waals surface area contributed by atoms with E-state index in [1.54, 1.807) is 4.90 Å². The van der Waals surface area contributed by atoms with E-state index in [1.165, 1.54) is 134 Å². The molecule has 0 radical (unpaired) electrons. The number of hydrogen-bond donors (Lipinski definition) is 1. The SMILES string of the molecule is CCCCCCCCCCCCCCCCCCN1CC[NH+](Cc2ccccc2)C1C.[Cl-]. The molecule has 1 saturated heterocycles. The number of halogens is 1. The van der Waals surface area contributed by atoms with Gasteiger partial charge in [-0.05, 0) is 6.42 Å². The molecule has 1 aliphatic heterocycles. The highest BCUT2D eigenvalue weighted by molar-refractivity contribution is 5.13. The Hall–Kier alpha value is -0.570. The smallest absolute Gasteiger partial charge is 0.141 e. The van der Waals surface area contributed by atoms with Crippen LogP contribution in [0.25, 0.3) is 0 Å². The van der Waals surface area contributed by atoms with Crippen molar-refractivity contribution in [2.24, 2.45) is 0 Å². The molecular weight excluding hydrogens is 412 g/mol. The Bertz CT molecular complexity index is 521. The third-order valence-corrected chi connectivity index (χ3v) is 7.43. The second-order valence-electron chi connectivity index (χ2n) is 10.1. The molecular formula is C29H53ClN2. The molecule has 32 heavy (non-hydrogen) atoms. The van der Waals surface area contributed by atoms with E-state index < -0.39 is 0 Å². The number of nitrogens with zero attached hydrogens (tertiary/aromatic N) is 1. The highest BCUT2D eigenvalue weighted by Gasteiger charge is 2.31. The summed E-state index contributed by atoms with van der Waals surface area (Å²) >= 11 is 0. The Morgan fingerprint density at radius 3 is 1.69 bits per heavy atom. The molecule has 0 bridgehead atoms. The summed E-state index contributed by atoms with van der Waals surface area (Å²) < 4.78 is 0. The third-order valence-electron chi connectivity index (χ3n) is 7.43. The van der Waals surface area contributed by atoms with Crippen molar-refractivity contribution in [1.82, 2.24) is 4.90 Å². The number of hydrogen-bond acceptors (Lipinski definition) is 1. The normalized spacial score (nSPS) is 18.7. The van der Waals surface area contributed by atoms with E-state index in [1.807, 2.05) is 0 Å². The summed E-state index contributed by atoms with van der Waals surface area (Å²) in [5.41, 5.74) is 1.48. The van der Waals surface area contributed by atoms with Crippen molar-refractivity contribution in [2.75, 3.05) is 19.6 Å². The third kappa shape index (κ3) is 13.2. The maximum absolute atomic E-state index is 2.72. The highest BCUT2D eigenvalue weighted by atomic mass is 35.5. The van der Waals surface area contributed by atoms with E-state index in [4.69, 9.17) is 0 Å². The van der Waals surface area contributed by atoms with Crippen LogP contribution in [0.2, 0.25) is 0 Å². The van der Waals surface area contributed by atoms with Gasteiger partial charge in [-0.3, -0.25) is 0 Å². The van der Waals surface area contributed by atoms with Crippen LogP contribution in [-0.2, 0) is 6.54 Å². The molecule has 0 aliphatic carbocycles. The first-order valence-electron chi connectivity index (χ1n) is 13.9. The summed E-state index contributed by atoms with van der Waals surface area (Å²) in [5, 5.41) is 0. The standard InChI is InChI=1S/C29H52N2.ClH/c1-3-4-5-6-7-8-9-10-11-12-13-14-15-16-17-21-24-30-25-26-31(28(30)2)27-29-22-19-18-20-23-29;/h18-20,22-23,28H,3-17,21,24-27H2,1-2H3;1H. The Labute approximate surface area is 206 Å². The summed E-state index contributed by atoms with van der Waals surface area (Å²) in [5.74, 6) is 0.